The first-order chi connectivity index (χ1) is 10.3. The monoisotopic (exact) mass is 311 g/mol. The molecule has 0 atom stereocenters. The van der Waals surface area contributed by atoms with Crippen LogP contribution in [0.5, 0.6) is 0 Å². The second kappa shape index (κ2) is 6.12. The standard InChI is InChI=1S/C17H17N3OS/c1-17(2,3)14-10-22-16(20-14)13(15(19)21)8-11-4-6-12(9-18)7-5-11/h4-8,10H,1-3H3,(H2,19,21). The van der Waals surface area contributed by atoms with Crippen molar-refractivity contribution in [2.75, 3.05) is 0 Å². The maximum absolute atomic E-state index is 11.8. The molecule has 0 aliphatic heterocycles. The number of primary amides is 1. The van der Waals surface area contributed by atoms with Crippen molar-refractivity contribution in [1.82, 2.24) is 4.98 Å². The first-order valence-electron chi connectivity index (χ1n) is 6.79. The van der Waals surface area contributed by atoms with Gasteiger partial charge in [0.15, 0.2) is 0 Å². The number of nitrogens with zero attached hydrogens (tertiary/aromatic N) is 2. The van der Waals surface area contributed by atoms with Gasteiger partial charge in [-0.15, -0.1) is 11.3 Å². The number of benzene rings is 1. The lowest BCUT2D eigenvalue weighted by atomic mass is 9.93. The summed E-state index contributed by atoms with van der Waals surface area (Å²) >= 11 is 1.41. The number of carbonyl (C=O) groups is 1. The van der Waals surface area contributed by atoms with E-state index >= 15 is 0 Å². The van der Waals surface area contributed by atoms with Gasteiger partial charge in [0.1, 0.15) is 5.01 Å². The van der Waals surface area contributed by atoms with Crippen molar-refractivity contribution in [3.8, 4) is 6.07 Å². The Labute approximate surface area is 133 Å². The first kappa shape index (κ1) is 15.9. The lowest BCUT2D eigenvalue weighted by Crippen LogP contribution is -2.14. The molecule has 112 valence electrons. The number of hydrogen-bond acceptors (Lipinski definition) is 4. The van der Waals surface area contributed by atoms with E-state index in [-0.39, 0.29) is 5.41 Å². The van der Waals surface area contributed by atoms with Crippen LogP contribution in [0.2, 0.25) is 0 Å². The molecule has 0 aliphatic rings. The molecule has 1 aromatic heterocycles. The van der Waals surface area contributed by atoms with E-state index in [2.05, 4.69) is 31.8 Å². The molecule has 0 unspecified atom stereocenters. The Morgan fingerprint density at radius 1 is 1.32 bits per heavy atom. The fraction of sp³-hybridized carbons (Fsp3) is 0.235. The third-order valence-electron chi connectivity index (χ3n) is 3.12. The molecule has 0 fully saturated rings. The lowest BCUT2D eigenvalue weighted by Gasteiger charge is -2.14. The normalized spacial score (nSPS) is 12.0. The fourth-order valence-electron chi connectivity index (χ4n) is 1.80. The molecular weight excluding hydrogens is 294 g/mol. The Morgan fingerprint density at radius 3 is 2.41 bits per heavy atom. The Kier molecular flexibility index (Phi) is 4.43. The summed E-state index contributed by atoms with van der Waals surface area (Å²) in [5, 5.41) is 11.4. The second-order valence-corrected chi connectivity index (χ2v) is 6.80. The number of aromatic nitrogens is 1. The number of carbonyl (C=O) groups excluding carboxylic acids is 1. The number of rotatable bonds is 3. The second-order valence-electron chi connectivity index (χ2n) is 5.94. The van der Waals surface area contributed by atoms with Gasteiger partial charge < -0.3 is 5.73 Å². The van der Waals surface area contributed by atoms with Gasteiger partial charge >= 0.3 is 0 Å². The maximum atomic E-state index is 11.8. The highest BCUT2D eigenvalue weighted by molar-refractivity contribution is 7.11. The van der Waals surface area contributed by atoms with Gasteiger partial charge in [0, 0.05) is 10.8 Å². The molecule has 22 heavy (non-hydrogen) atoms. The largest absolute Gasteiger partial charge is 0.366 e. The summed E-state index contributed by atoms with van der Waals surface area (Å²) in [6.45, 7) is 6.21. The predicted octanol–water partition coefficient (Wildman–Crippen LogP) is 3.34. The SMILES string of the molecule is CC(C)(C)c1csc(C(=Cc2ccc(C#N)cc2)C(N)=O)n1. The van der Waals surface area contributed by atoms with Crippen LogP contribution in [-0.2, 0) is 10.2 Å². The van der Waals surface area contributed by atoms with Crippen molar-refractivity contribution in [2.24, 2.45) is 5.73 Å². The fourth-order valence-corrected chi connectivity index (χ4v) is 2.87. The highest BCUT2D eigenvalue weighted by atomic mass is 32.1. The Morgan fingerprint density at radius 2 is 1.95 bits per heavy atom. The van der Waals surface area contributed by atoms with E-state index in [1.165, 1.54) is 11.3 Å². The summed E-state index contributed by atoms with van der Waals surface area (Å²) in [6, 6.07) is 9.02. The molecule has 2 rings (SSSR count). The van der Waals surface area contributed by atoms with Crippen LogP contribution in [0.25, 0.3) is 11.6 Å². The van der Waals surface area contributed by atoms with Gasteiger partial charge in [-0.2, -0.15) is 5.26 Å². The van der Waals surface area contributed by atoms with Crippen molar-refractivity contribution in [2.45, 2.75) is 26.2 Å². The Bertz CT molecular complexity index is 758. The van der Waals surface area contributed by atoms with Crippen molar-refractivity contribution >= 4 is 28.9 Å². The van der Waals surface area contributed by atoms with Gasteiger partial charge in [-0.05, 0) is 23.8 Å². The van der Waals surface area contributed by atoms with Crippen LogP contribution in [0.4, 0.5) is 0 Å². The average molecular weight is 311 g/mol. The topological polar surface area (TPSA) is 79.8 Å². The van der Waals surface area contributed by atoms with Gasteiger partial charge in [0.25, 0.3) is 5.91 Å². The molecule has 1 amide bonds. The Balaban J connectivity index is 2.41. The molecule has 0 spiro atoms. The molecule has 4 nitrogen and oxygen atoms in total. The molecule has 0 saturated carbocycles. The van der Waals surface area contributed by atoms with Crippen LogP contribution in [0, 0.1) is 11.3 Å². The van der Waals surface area contributed by atoms with E-state index in [1.54, 1.807) is 30.3 Å². The molecule has 1 aromatic carbocycles. The third kappa shape index (κ3) is 3.60. The maximum Gasteiger partial charge on any atom is 0.251 e. The molecule has 0 radical (unpaired) electrons. The van der Waals surface area contributed by atoms with E-state index in [9.17, 15) is 4.79 Å². The number of thiazole rings is 1. The minimum absolute atomic E-state index is 0.0774. The molecule has 0 bridgehead atoms. The van der Waals surface area contributed by atoms with Gasteiger partial charge in [-0.1, -0.05) is 32.9 Å². The van der Waals surface area contributed by atoms with Crippen molar-refractivity contribution in [1.29, 1.82) is 5.26 Å². The zero-order valence-electron chi connectivity index (χ0n) is 12.8. The third-order valence-corrected chi connectivity index (χ3v) is 3.99. The van der Waals surface area contributed by atoms with Crippen molar-refractivity contribution < 1.29 is 4.79 Å². The highest BCUT2D eigenvalue weighted by Crippen LogP contribution is 2.28. The summed E-state index contributed by atoms with van der Waals surface area (Å²) in [5.74, 6) is -0.515. The minimum Gasteiger partial charge on any atom is -0.366 e. The summed E-state index contributed by atoms with van der Waals surface area (Å²) in [6.07, 6.45) is 1.70. The molecule has 2 aromatic rings. The highest BCUT2D eigenvalue weighted by Gasteiger charge is 2.20. The molecule has 0 aliphatic carbocycles. The first-order valence-corrected chi connectivity index (χ1v) is 7.67. The quantitative estimate of drug-likeness (QED) is 0.883. The number of amides is 1. The summed E-state index contributed by atoms with van der Waals surface area (Å²) in [4.78, 5) is 16.3. The van der Waals surface area contributed by atoms with Crippen molar-refractivity contribution in [3.63, 3.8) is 0 Å². The number of nitrogens with two attached hydrogens (primary N) is 1. The van der Waals surface area contributed by atoms with Gasteiger partial charge in [0.05, 0.1) is 22.9 Å². The van der Waals surface area contributed by atoms with Gasteiger partial charge in [-0.3, -0.25) is 4.79 Å². The van der Waals surface area contributed by atoms with E-state index in [0.29, 0.717) is 16.1 Å². The summed E-state index contributed by atoms with van der Waals surface area (Å²) in [5.41, 5.74) is 8.11. The van der Waals surface area contributed by atoms with E-state index in [1.807, 2.05) is 5.38 Å². The zero-order chi connectivity index (χ0) is 16.3. The molecule has 2 N–H and O–H groups in total. The summed E-state index contributed by atoms with van der Waals surface area (Å²) in [7, 11) is 0. The number of nitriles is 1. The molecule has 0 saturated heterocycles. The van der Waals surface area contributed by atoms with E-state index < -0.39 is 5.91 Å². The van der Waals surface area contributed by atoms with Crippen LogP contribution >= 0.6 is 11.3 Å². The lowest BCUT2D eigenvalue weighted by molar-refractivity contribution is -0.112. The van der Waals surface area contributed by atoms with Crippen LogP contribution in [-0.4, -0.2) is 10.9 Å². The smallest absolute Gasteiger partial charge is 0.251 e. The van der Waals surface area contributed by atoms with Gasteiger partial charge in [0.2, 0.25) is 0 Å². The van der Waals surface area contributed by atoms with E-state index in [0.717, 1.165) is 11.3 Å². The van der Waals surface area contributed by atoms with Crippen molar-refractivity contribution in [3.05, 3.63) is 51.5 Å². The van der Waals surface area contributed by atoms with Crippen LogP contribution in [0.3, 0.4) is 0 Å². The van der Waals surface area contributed by atoms with Crippen LogP contribution in [0.1, 0.15) is 42.6 Å². The van der Waals surface area contributed by atoms with Gasteiger partial charge in [-0.25, -0.2) is 4.98 Å². The summed E-state index contributed by atoms with van der Waals surface area (Å²) < 4.78 is 0. The zero-order valence-corrected chi connectivity index (χ0v) is 13.6. The Hall–Kier alpha value is -2.45. The molecule has 5 heteroatoms. The average Bonchev–Trinajstić information content (AvgIpc) is 2.94. The van der Waals surface area contributed by atoms with E-state index in [4.69, 9.17) is 11.0 Å². The van der Waals surface area contributed by atoms with Crippen LogP contribution < -0.4 is 5.73 Å². The minimum atomic E-state index is -0.515. The molecular formula is C17H17N3OS. The number of hydrogen-bond donors (Lipinski definition) is 1. The predicted molar refractivity (Wildman–Crippen MR) is 89.0 cm³/mol. The molecule has 1 heterocycles. The van der Waals surface area contributed by atoms with Crippen LogP contribution in [0.15, 0.2) is 29.6 Å².